The first-order valence-corrected chi connectivity index (χ1v) is 3.69. The van der Waals surface area contributed by atoms with Gasteiger partial charge in [-0.25, -0.2) is 0 Å². The van der Waals surface area contributed by atoms with E-state index in [0.29, 0.717) is 0 Å². The summed E-state index contributed by atoms with van der Waals surface area (Å²) in [6.45, 7) is 1.96. The molecule has 0 aliphatic heterocycles. The van der Waals surface area contributed by atoms with Gasteiger partial charge < -0.3 is 4.52 Å². The fraction of sp³-hybridized carbons (Fsp3) is 0.111. The van der Waals surface area contributed by atoms with Crippen molar-refractivity contribution in [1.82, 2.24) is 0 Å². The standard InChI is InChI=1S/C9H9OP/c1-3-8-4-5-9(10-11)7(2)6-8/h1,4-6H,11H2,2H3. The molecule has 1 rings (SSSR count). The number of terminal acetylenes is 1. The second-order valence-corrected chi connectivity index (χ2v) is 2.48. The summed E-state index contributed by atoms with van der Waals surface area (Å²) >= 11 is 0. The summed E-state index contributed by atoms with van der Waals surface area (Å²) in [5, 5.41) is 0. The molecule has 0 saturated heterocycles. The summed E-state index contributed by atoms with van der Waals surface area (Å²) in [4.78, 5) is 0. The lowest BCUT2D eigenvalue weighted by molar-refractivity contribution is 0.640. The first-order chi connectivity index (χ1) is 5.27. The van der Waals surface area contributed by atoms with Gasteiger partial charge in [0, 0.05) is 5.56 Å². The van der Waals surface area contributed by atoms with Crippen molar-refractivity contribution in [3.63, 3.8) is 0 Å². The van der Waals surface area contributed by atoms with Crippen LogP contribution in [0, 0.1) is 19.3 Å². The third-order valence-electron chi connectivity index (χ3n) is 1.47. The van der Waals surface area contributed by atoms with Gasteiger partial charge in [-0.1, -0.05) is 5.92 Å². The van der Waals surface area contributed by atoms with Crippen LogP contribution in [0.3, 0.4) is 0 Å². The highest BCUT2D eigenvalue weighted by Gasteiger charge is 1.96. The van der Waals surface area contributed by atoms with Gasteiger partial charge in [-0.3, -0.25) is 0 Å². The van der Waals surface area contributed by atoms with E-state index in [1.165, 1.54) is 0 Å². The highest BCUT2D eigenvalue weighted by atomic mass is 31.0. The van der Waals surface area contributed by atoms with Crippen LogP contribution < -0.4 is 4.52 Å². The monoisotopic (exact) mass is 164 g/mol. The van der Waals surface area contributed by atoms with Gasteiger partial charge in [-0.15, -0.1) is 6.42 Å². The summed E-state index contributed by atoms with van der Waals surface area (Å²) in [5.74, 6) is 3.40. The lowest BCUT2D eigenvalue weighted by Gasteiger charge is -2.02. The SMILES string of the molecule is C#Cc1ccc(OP)c(C)c1. The molecule has 0 saturated carbocycles. The molecule has 0 amide bonds. The first kappa shape index (κ1) is 8.11. The number of hydrogen-bond donors (Lipinski definition) is 0. The predicted octanol–water partition coefficient (Wildman–Crippen LogP) is 2.15. The van der Waals surface area contributed by atoms with Gasteiger partial charge in [0.05, 0.1) is 9.47 Å². The van der Waals surface area contributed by atoms with Crippen LogP contribution in [0.1, 0.15) is 11.1 Å². The number of aryl methyl sites for hydroxylation is 1. The third-order valence-corrected chi connectivity index (χ3v) is 1.72. The largest absolute Gasteiger partial charge is 0.480 e. The molecule has 0 radical (unpaired) electrons. The zero-order valence-corrected chi connectivity index (χ0v) is 7.45. The Morgan fingerprint density at radius 1 is 1.55 bits per heavy atom. The minimum atomic E-state index is 0.842. The van der Waals surface area contributed by atoms with E-state index in [0.717, 1.165) is 16.9 Å². The van der Waals surface area contributed by atoms with E-state index in [1.54, 1.807) is 0 Å². The second kappa shape index (κ2) is 3.42. The van der Waals surface area contributed by atoms with Crippen molar-refractivity contribution in [3.05, 3.63) is 29.3 Å². The van der Waals surface area contributed by atoms with Crippen molar-refractivity contribution < 1.29 is 4.52 Å². The van der Waals surface area contributed by atoms with Crippen molar-refractivity contribution in [2.24, 2.45) is 0 Å². The van der Waals surface area contributed by atoms with E-state index < -0.39 is 0 Å². The van der Waals surface area contributed by atoms with Crippen molar-refractivity contribution in [2.45, 2.75) is 6.92 Å². The van der Waals surface area contributed by atoms with Gasteiger partial charge in [-0.05, 0) is 30.7 Å². The Morgan fingerprint density at radius 2 is 2.27 bits per heavy atom. The van der Waals surface area contributed by atoms with Crippen LogP contribution in [0.4, 0.5) is 0 Å². The molecular weight excluding hydrogens is 155 g/mol. The van der Waals surface area contributed by atoms with E-state index in [-0.39, 0.29) is 0 Å². The molecule has 11 heavy (non-hydrogen) atoms. The van der Waals surface area contributed by atoms with Gasteiger partial charge in [-0.2, -0.15) is 0 Å². The lowest BCUT2D eigenvalue weighted by atomic mass is 10.1. The summed E-state index contributed by atoms with van der Waals surface area (Å²) in [6, 6.07) is 5.63. The number of benzene rings is 1. The Balaban J connectivity index is 3.12. The van der Waals surface area contributed by atoms with E-state index in [1.807, 2.05) is 25.1 Å². The summed E-state index contributed by atoms with van der Waals surface area (Å²) < 4.78 is 4.99. The smallest absolute Gasteiger partial charge is 0.125 e. The van der Waals surface area contributed by atoms with Crippen LogP contribution in [0.25, 0.3) is 0 Å². The maximum Gasteiger partial charge on any atom is 0.125 e. The van der Waals surface area contributed by atoms with Gasteiger partial charge in [0.2, 0.25) is 0 Å². The molecule has 1 unspecified atom stereocenters. The lowest BCUT2D eigenvalue weighted by Crippen LogP contribution is -1.81. The summed E-state index contributed by atoms with van der Waals surface area (Å²) in [5.41, 5.74) is 1.93. The molecule has 1 aromatic rings. The maximum absolute atomic E-state index is 5.21. The molecule has 0 bridgehead atoms. The Hall–Kier alpha value is -0.990. The number of hydrogen-bond acceptors (Lipinski definition) is 1. The minimum Gasteiger partial charge on any atom is -0.480 e. The van der Waals surface area contributed by atoms with Gasteiger partial charge >= 0.3 is 0 Å². The molecule has 2 heteroatoms. The molecule has 1 atom stereocenters. The molecule has 0 aliphatic rings. The Bertz CT molecular complexity index is 299. The maximum atomic E-state index is 5.21. The molecular formula is C9H9OP. The Morgan fingerprint density at radius 3 is 2.73 bits per heavy atom. The highest BCUT2D eigenvalue weighted by molar-refractivity contribution is 7.10. The summed E-state index contributed by atoms with van der Waals surface area (Å²) in [7, 11) is 2.21. The normalized spacial score (nSPS) is 8.82. The quantitative estimate of drug-likeness (QED) is 0.456. The molecule has 0 heterocycles. The van der Waals surface area contributed by atoms with Crippen LogP contribution in [0.15, 0.2) is 18.2 Å². The predicted molar refractivity (Wildman–Crippen MR) is 49.5 cm³/mol. The Kier molecular flexibility index (Phi) is 2.52. The molecule has 1 nitrogen and oxygen atoms in total. The van der Waals surface area contributed by atoms with Gasteiger partial charge in [0.25, 0.3) is 0 Å². The second-order valence-electron chi connectivity index (χ2n) is 2.24. The molecule has 0 fully saturated rings. The molecule has 0 aromatic heterocycles. The highest BCUT2D eigenvalue weighted by Crippen LogP contribution is 2.20. The Labute approximate surface area is 69.1 Å². The van der Waals surface area contributed by atoms with Crippen molar-refractivity contribution in [2.75, 3.05) is 0 Å². The van der Waals surface area contributed by atoms with Crippen LogP contribution in [0.2, 0.25) is 0 Å². The summed E-state index contributed by atoms with van der Waals surface area (Å²) in [6.07, 6.45) is 5.21. The zero-order valence-electron chi connectivity index (χ0n) is 6.29. The van der Waals surface area contributed by atoms with Crippen LogP contribution in [0.5, 0.6) is 5.75 Å². The first-order valence-electron chi connectivity index (χ1n) is 3.22. The van der Waals surface area contributed by atoms with E-state index >= 15 is 0 Å². The third kappa shape index (κ3) is 1.73. The van der Waals surface area contributed by atoms with E-state index in [2.05, 4.69) is 15.4 Å². The fourth-order valence-electron chi connectivity index (χ4n) is 0.871. The van der Waals surface area contributed by atoms with Gasteiger partial charge in [0.1, 0.15) is 5.75 Å². The van der Waals surface area contributed by atoms with Crippen LogP contribution >= 0.6 is 9.47 Å². The fourth-order valence-corrected chi connectivity index (χ4v) is 1.14. The average molecular weight is 164 g/mol. The molecule has 0 N–H and O–H groups in total. The topological polar surface area (TPSA) is 9.23 Å². The van der Waals surface area contributed by atoms with Crippen LogP contribution in [-0.4, -0.2) is 0 Å². The number of rotatable bonds is 1. The van der Waals surface area contributed by atoms with Crippen molar-refractivity contribution in [1.29, 1.82) is 0 Å². The van der Waals surface area contributed by atoms with E-state index in [9.17, 15) is 0 Å². The van der Waals surface area contributed by atoms with Crippen molar-refractivity contribution >= 4 is 9.47 Å². The molecule has 56 valence electrons. The van der Waals surface area contributed by atoms with Crippen molar-refractivity contribution in [3.8, 4) is 18.1 Å². The minimum absolute atomic E-state index is 0.842. The zero-order chi connectivity index (χ0) is 8.27. The van der Waals surface area contributed by atoms with Gasteiger partial charge in [0.15, 0.2) is 0 Å². The molecule has 0 aliphatic carbocycles. The average Bonchev–Trinajstić information content (AvgIpc) is 2.04. The van der Waals surface area contributed by atoms with E-state index in [4.69, 9.17) is 10.9 Å². The molecule has 0 spiro atoms. The molecule has 1 aromatic carbocycles. The van der Waals surface area contributed by atoms with Crippen LogP contribution in [-0.2, 0) is 0 Å².